The third kappa shape index (κ3) is 3.94. The van der Waals surface area contributed by atoms with Crippen LogP contribution in [0.5, 0.6) is 0 Å². The van der Waals surface area contributed by atoms with E-state index in [1.165, 1.54) is 23.9 Å². The molecule has 1 aliphatic heterocycles. The molecule has 0 bridgehead atoms. The highest BCUT2D eigenvalue weighted by atomic mass is 32.2. The lowest BCUT2D eigenvalue weighted by Crippen LogP contribution is -2.28. The van der Waals surface area contributed by atoms with Crippen molar-refractivity contribution < 1.29 is 19.1 Å². The fourth-order valence-corrected chi connectivity index (χ4v) is 3.33. The molecular weight excluding hydrogens is 352 g/mol. The molecule has 0 unspecified atom stereocenters. The summed E-state index contributed by atoms with van der Waals surface area (Å²) in [6.45, 7) is 2.34. The summed E-state index contributed by atoms with van der Waals surface area (Å²) in [6, 6.07) is 9.92. The van der Waals surface area contributed by atoms with Crippen LogP contribution >= 0.6 is 11.8 Å². The number of hydrogen-bond donors (Lipinski definition) is 1. The molecule has 132 valence electrons. The second-order valence-corrected chi connectivity index (χ2v) is 6.32. The van der Waals surface area contributed by atoms with Crippen LogP contribution in [0.4, 0.5) is 5.69 Å². The molecule has 1 N–H and O–H groups in total. The molecule has 1 saturated heterocycles. The average Bonchev–Trinajstić information content (AvgIpc) is 3.24. The molecule has 7 heteroatoms. The molecule has 2 aromatic rings. The predicted molar refractivity (Wildman–Crippen MR) is 101 cm³/mol. The lowest BCUT2D eigenvalue weighted by atomic mass is 10.2. The Morgan fingerprint density at radius 3 is 2.88 bits per heavy atom. The Bertz CT molecular complexity index is 913. The van der Waals surface area contributed by atoms with E-state index in [4.69, 9.17) is 9.52 Å². The van der Waals surface area contributed by atoms with Gasteiger partial charge in [-0.05, 0) is 61.2 Å². The number of carboxylic acids is 1. The van der Waals surface area contributed by atoms with Gasteiger partial charge in [0.25, 0.3) is 5.91 Å². The van der Waals surface area contributed by atoms with Gasteiger partial charge in [-0.25, -0.2) is 9.79 Å². The first-order valence-electron chi connectivity index (χ1n) is 7.92. The standard InChI is InChI=1S/C19H16N2O4S/c1-2-21-17(22)16(10-4-8-15-9-5-11-25-15)26-19(21)20-14-7-3-6-13(12-14)18(23)24/h3-12H,2H2,1H3,(H,23,24). The summed E-state index contributed by atoms with van der Waals surface area (Å²) in [5.41, 5.74) is 0.646. The topological polar surface area (TPSA) is 83.1 Å². The van der Waals surface area contributed by atoms with Gasteiger partial charge in [-0.2, -0.15) is 0 Å². The van der Waals surface area contributed by atoms with Crippen LogP contribution in [-0.2, 0) is 4.79 Å². The summed E-state index contributed by atoms with van der Waals surface area (Å²) < 4.78 is 5.21. The molecule has 6 nitrogen and oxygen atoms in total. The summed E-state index contributed by atoms with van der Waals surface area (Å²) in [7, 11) is 0. The second-order valence-electron chi connectivity index (χ2n) is 5.31. The zero-order valence-corrected chi connectivity index (χ0v) is 14.8. The monoisotopic (exact) mass is 368 g/mol. The van der Waals surface area contributed by atoms with Crippen molar-refractivity contribution in [1.29, 1.82) is 0 Å². The summed E-state index contributed by atoms with van der Waals surface area (Å²) in [6.07, 6.45) is 6.81. The van der Waals surface area contributed by atoms with E-state index in [0.717, 1.165) is 0 Å². The summed E-state index contributed by atoms with van der Waals surface area (Å²) in [5, 5.41) is 9.61. The number of furan rings is 1. The summed E-state index contributed by atoms with van der Waals surface area (Å²) in [4.78, 5) is 30.2. The van der Waals surface area contributed by atoms with Gasteiger partial charge in [0.1, 0.15) is 5.76 Å². The van der Waals surface area contributed by atoms with Crippen LogP contribution in [0, 0.1) is 0 Å². The van der Waals surface area contributed by atoms with Crippen molar-refractivity contribution in [2.75, 3.05) is 6.54 Å². The van der Waals surface area contributed by atoms with E-state index in [1.54, 1.807) is 47.6 Å². The largest absolute Gasteiger partial charge is 0.478 e. The van der Waals surface area contributed by atoms with E-state index in [0.29, 0.717) is 28.1 Å². The van der Waals surface area contributed by atoms with E-state index in [-0.39, 0.29) is 11.5 Å². The van der Waals surface area contributed by atoms with Crippen LogP contribution in [0.1, 0.15) is 23.0 Å². The first-order valence-corrected chi connectivity index (χ1v) is 8.73. The average molecular weight is 368 g/mol. The Balaban J connectivity index is 1.85. The SMILES string of the molecule is CCN1C(=O)C(=CC=Cc2ccco2)SC1=Nc1cccc(C(=O)O)c1. The minimum Gasteiger partial charge on any atom is -0.478 e. The third-order valence-electron chi connectivity index (χ3n) is 3.57. The van der Waals surface area contributed by atoms with Crippen LogP contribution < -0.4 is 0 Å². The number of thioether (sulfide) groups is 1. The van der Waals surface area contributed by atoms with Crippen molar-refractivity contribution in [3.05, 3.63) is 71.0 Å². The molecule has 1 amide bonds. The van der Waals surface area contributed by atoms with Gasteiger partial charge in [0.2, 0.25) is 0 Å². The van der Waals surface area contributed by atoms with Gasteiger partial charge in [0.05, 0.1) is 22.4 Å². The third-order valence-corrected chi connectivity index (χ3v) is 4.60. The van der Waals surface area contributed by atoms with Crippen LogP contribution in [0.3, 0.4) is 0 Å². The number of likely N-dealkylation sites (N-methyl/N-ethyl adjacent to an activating group) is 1. The number of amidine groups is 1. The molecule has 26 heavy (non-hydrogen) atoms. The molecule has 0 radical (unpaired) electrons. The van der Waals surface area contributed by atoms with Crippen LogP contribution in [0.25, 0.3) is 6.08 Å². The smallest absolute Gasteiger partial charge is 0.335 e. The Hall–Kier alpha value is -3.06. The normalized spacial score (nSPS) is 17.7. The molecule has 0 spiro atoms. The van der Waals surface area contributed by atoms with Crippen molar-refractivity contribution in [3.8, 4) is 0 Å². The number of nitrogens with zero attached hydrogens (tertiary/aromatic N) is 2. The Morgan fingerprint density at radius 2 is 2.19 bits per heavy atom. The molecule has 1 aliphatic rings. The number of benzene rings is 1. The number of rotatable bonds is 5. The molecule has 3 rings (SSSR count). The van der Waals surface area contributed by atoms with Crippen molar-refractivity contribution in [3.63, 3.8) is 0 Å². The molecule has 1 aromatic carbocycles. The molecular formula is C19H16N2O4S. The second kappa shape index (κ2) is 7.88. The number of amides is 1. The fraction of sp³-hybridized carbons (Fsp3) is 0.105. The highest BCUT2D eigenvalue weighted by Crippen LogP contribution is 2.32. The first kappa shape index (κ1) is 17.8. The van der Waals surface area contributed by atoms with Gasteiger partial charge in [-0.15, -0.1) is 0 Å². The lowest BCUT2D eigenvalue weighted by Gasteiger charge is -2.12. The molecule has 1 aromatic heterocycles. The van der Waals surface area contributed by atoms with Crippen molar-refractivity contribution in [2.45, 2.75) is 6.92 Å². The molecule has 0 aliphatic carbocycles. The highest BCUT2D eigenvalue weighted by Gasteiger charge is 2.31. The van der Waals surface area contributed by atoms with Gasteiger partial charge in [-0.3, -0.25) is 9.69 Å². The number of carboxylic acid groups (broad SMARTS) is 1. The first-order chi connectivity index (χ1) is 12.6. The summed E-state index contributed by atoms with van der Waals surface area (Å²) in [5.74, 6) is -0.447. The van der Waals surface area contributed by atoms with Crippen molar-refractivity contribution in [2.24, 2.45) is 4.99 Å². The van der Waals surface area contributed by atoms with E-state index < -0.39 is 5.97 Å². The van der Waals surface area contributed by atoms with Crippen LogP contribution in [0.2, 0.25) is 0 Å². The Labute approximate surface area is 154 Å². The van der Waals surface area contributed by atoms with Gasteiger partial charge >= 0.3 is 5.97 Å². The maximum Gasteiger partial charge on any atom is 0.335 e. The molecule has 0 atom stereocenters. The van der Waals surface area contributed by atoms with E-state index >= 15 is 0 Å². The van der Waals surface area contributed by atoms with Crippen molar-refractivity contribution in [1.82, 2.24) is 4.90 Å². The summed E-state index contributed by atoms with van der Waals surface area (Å²) >= 11 is 1.26. The highest BCUT2D eigenvalue weighted by molar-refractivity contribution is 8.18. The van der Waals surface area contributed by atoms with Gasteiger partial charge < -0.3 is 9.52 Å². The van der Waals surface area contributed by atoms with Crippen LogP contribution in [0.15, 0.2) is 69.1 Å². The van der Waals surface area contributed by atoms with E-state index in [9.17, 15) is 9.59 Å². The maximum absolute atomic E-state index is 12.5. The number of aromatic carboxylic acids is 1. The predicted octanol–water partition coefficient (Wildman–Crippen LogP) is 4.16. The molecule has 2 heterocycles. The minimum absolute atomic E-state index is 0.130. The Morgan fingerprint density at radius 1 is 1.35 bits per heavy atom. The number of hydrogen-bond acceptors (Lipinski definition) is 5. The van der Waals surface area contributed by atoms with Gasteiger partial charge in [0.15, 0.2) is 5.17 Å². The molecule has 1 fully saturated rings. The lowest BCUT2D eigenvalue weighted by molar-refractivity contribution is -0.122. The minimum atomic E-state index is -1.02. The zero-order valence-electron chi connectivity index (χ0n) is 14.0. The van der Waals surface area contributed by atoms with Gasteiger partial charge in [-0.1, -0.05) is 12.1 Å². The van der Waals surface area contributed by atoms with Crippen molar-refractivity contribution >= 4 is 40.6 Å². The quantitative estimate of drug-likeness (QED) is 0.801. The Kier molecular flexibility index (Phi) is 5.38. The van der Waals surface area contributed by atoms with Gasteiger partial charge in [0, 0.05) is 6.54 Å². The molecule has 0 saturated carbocycles. The maximum atomic E-state index is 12.5. The van der Waals surface area contributed by atoms with E-state index in [2.05, 4.69) is 4.99 Å². The number of carbonyl (C=O) groups is 2. The number of carbonyl (C=O) groups excluding carboxylic acids is 1. The van der Waals surface area contributed by atoms with E-state index in [1.807, 2.05) is 13.0 Å². The zero-order chi connectivity index (χ0) is 18.5. The number of allylic oxidation sites excluding steroid dienone is 2. The fourth-order valence-electron chi connectivity index (χ4n) is 2.32. The number of aliphatic imine (C=N–C) groups is 1. The van der Waals surface area contributed by atoms with Crippen LogP contribution in [-0.4, -0.2) is 33.6 Å².